The van der Waals surface area contributed by atoms with Crippen molar-refractivity contribution in [2.24, 2.45) is 0 Å². The van der Waals surface area contributed by atoms with Gasteiger partial charge in [-0.1, -0.05) is 18.2 Å². The number of benzene rings is 3. The van der Waals surface area contributed by atoms with Crippen molar-refractivity contribution in [2.45, 2.75) is 33.0 Å². The van der Waals surface area contributed by atoms with E-state index in [2.05, 4.69) is 32.7 Å². The molecule has 0 spiro atoms. The van der Waals surface area contributed by atoms with Gasteiger partial charge in [-0.25, -0.2) is 4.98 Å². The Bertz CT molecular complexity index is 1660. The minimum atomic E-state index is -0.0648. The van der Waals surface area contributed by atoms with Gasteiger partial charge >= 0.3 is 0 Å². The second-order valence-corrected chi connectivity index (χ2v) is 12.7. The number of phenols is 1. The molecule has 0 bridgehead atoms. The lowest BCUT2D eigenvalue weighted by molar-refractivity contribution is 0.110. The number of nitrogens with zero attached hydrogens (tertiary/aromatic N) is 6. The van der Waals surface area contributed by atoms with Gasteiger partial charge in [0.1, 0.15) is 29.7 Å². The maximum atomic E-state index is 14.4. The highest BCUT2D eigenvalue weighted by molar-refractivity contribution is 5.79. The van der Waals surface area contributed by atoms with Gasteiger partial charge in [-0.3, -0.25) is 24.1 Å². The van der Waals surface area contributed by atoms with Gasteiger partial charge in [-0.2, -0.15) is 0 Å². The topological polar surface area (TPSA) is 86.5 Å². The molecule has 0 saturated carbocycles. The zero-order valence-electron chi connectivity index (χ0n) is 27.3. The van der Waals surface area contributed by atoms with E-state index in [1.165, 1.54) is 0 Å². The fourth-order valence-corrected chi connectivity index (χ4v) is 6.20. The van der Waals surface area contributed by atoms with E-state index in [9.17, 15) is 9.90 Å². The van der Waals surface area contributed by atoms with Crippen LogP contribution in [0, 0.1) is 0 Å². The molecule has 0 radical (unpaired) electrons. The summed E-state index contributed by atoms with van der Waals surface area (Å²) in [4.78, 5) is 29.1. The van der Waals surface area contributed by atoms with Crippen molar-refractivity contribution in [1.29, 1.82) is 0 Å². The molecule has 46 heavy (non-hydrogen) atoms. The van der Waals surface area contributed by atoms with Crippen molar-refractivity contribution in [3.8, 4) is 22.9 Å². The zero-order valence-corrected chi connectivity index (χ0v) is 27.3. The van der Waals surface area contributed by atoms with Crippen LogP contribution in [0.1, 0.15) is 25.2 Å². The molecular weight excluding hydrogens is 580 g/mol. The van der Waals surface area contributed by atoms with Crippen molar-refractivity contribution in [1.82, 2.24) is 29.2 Å². The summed E-state index contributed by atoms with van der Waals surface area (Å²) in [6.45, 7) is 14.5. The lowest BCUT2D eigenvalue weighted by atomic mass is 10.1. The fourth-order valence-electron chi connectivity index (χ4n) is 6.20. The number of hydrogen-bond acceptors (Lipinski definition) is 9. The van der Waals surface area contributed by atoms with Crippen LogP contribution in [0.25, 0.3) is 16.6 Å². The molecule has 10 nitrogen and oxygen atoms in total. The first kappa shape index (κ1) is 32.0. The molecule has 2 aliphatic rings. The van der Waals surface area contributed by atoms with Gasteiger partial charge in [0.2, 0.25) is 0 Å². The van der Waals surface area contributed by atoms with Crippen molar-refractivity contribution in [2.75, 3.05) is 72.6 Å². The van der Waals surface area contributed by atoms with Gasteiger partial charge in [0.25, 0.3) is 5.56 Å². The summed E-state index contributed by atoms with van der Waals surface area (Å²) >= 11 is 0. The molecule has 3 heterocycles. The third kappa shape index (κ3) is 7.87. The van der Waals surface area contributed by atoms with E-state index in [-0.39, 0.29) is 17.4 Å². The quantitative estimate of drug-likeness (QED) is 0.267. The lowest BCUT2D eigenvalue weighted by Crippen LogP contribution is -2.47. The first-order valence-corrected chi connectivity index (χ1v) is 16.4. The Morgan fingerprint density at radius 1 is 0.826 bits per heavy atom. The largest absolute Gasteiger partial charge is 0.508 e. The number of likely N-dealkylation sites (N-methyl/N-ethyl adjacent to an activating group) is 1. The Kier molecular flexibility index (Phi) is 10.2. The first-order chi connectivity index (χ1) is 22.3. The summed E-state index contributed by atoms with van der Waals surface area (Å²) in [5, 5.41) is 10.1. The van der Waals surface area contributed by atoms with Gasteiger partial charge in [0.05, 0.1) is 29.2 Å². The Labute approximate surface area is 271 Å². The van der Waals surface area contributed by atoms with Gasteiger partial charge in [-0.05, 0) is 75.0 Å². The third-order valence-corrected chi connectivity index (χ3v) is 8.82. The molecule has 3 aromatic carbocycles. The normalized spacial score (nSPS) is 17.1. The monoisotopic (exact) mass is 626 g/mol. The van der Waals surface area contributed by atoms with Gasteiger partial charge in [0.15, 0.2) is 0 Å². The van der Waals surface area contributed by atoms with E-state index in [1.807, 2.05) is 50.2 Å². The number of ether oxygens (including phenoxy) is 2. The lowest BCUT2D eigenvalue weighted by Gasteiger charge is -2.34. The number of rotatable bonds is 11. The van der Waals surface area contributed by atoms with Crippen LogP contribution in [0.15, 0.2) is 71.5 Å². The van der Waals surface area contributed by atoms with E-state index < -0.39 is 0 Å². The Hall–Kier alpha value is -3.96. The molecule has 0 atom stereocenters. The molecule has 2 saturated heterocycles. The van der Waals surface area contributed by atoms with Crippen LogP contribution in [0.2, 0.25) is 0 Å². The average Bonchev–Trinajstić information content (AvgIpc) is 3.05. The molecule has 0 unspecified atom stereocenters. The predicted molar refractivity (Wildman–Crippen MR) is 181 cm³/mol. The van der Waals surface area contributed by atoms with Crippen molar-refractivity contribution < 1.29 is 14.6 Å². The number of phenolic OH excluding ortho intramolecular Hbond substituents is 1. The molecule has 0 aliphatic carbocycles. The Balaban J connectivity index is 1.22. The number of aromatic nitrogens is 2. The molecule has 244 valence electrons. The van der Waals surface area contributed by atoms with Crippen molar-refractivity contribution >= 4 is 10.9 Å². The van der Waals surface area contributed by atoms with Crippen LogP contribution in [-0.4, -0.2) is 113 Å². The molecule has 0 amide bonds. The van der Waals surface area contributed by atoms with Gasteiger partial charge in [0, 0.05) is 65.4 Å². The molecule has 1 N–H and O–H groups in total. The maximum Gasteiger partial charge on any atom is 0.266 e. The van der Waals surface area contributed by atoms with E-state index in [1.54, 1.807) is 28.8 Å². The Morgan fingerprint density at radius 3 is 2.24 bits per heavy atom. The summed E-state index contributed by atoms with van der Waals surface area (Å²) < 4.78 is 13.8. The molecular formula is C36H46N6O4. The summed E-state index contributed by atoms with van der Waals surface area (Å²) in [7, 11) is 2.16. The summed E-state index contributed by atoms with van der Waals surface area (Å²) in [5.74, 6) is 2.38. The number of hydrogen-bond donors (Lipinski definition) is 1. The van der Waals surface area contributed by atoms with E-state index in [0.717, 1.165) is 88.0 Å². The predicted octanol–water partition coefficient (Wildman–Crippen LogP) is 3.82. The van der Waals surface area contributed by atoms with E-state index in [4.69, 9.17) is 14.5 Å². The van der Waals surface area contributed by atoms with E-state index >= 15 is 0 Å². The molecule has 1 aromatic heterocycles. The third-order valence-electron chi connectivity index (χ3n) is 8.82. The van der Waals surface area contributed by atoms with Crippen LogP contribution in [0.5, 0.6) is 17.2 Å². The summed E-state index contributed by atoms with van der Waals surface area (Å²) in [6, 6.07) is 20.8. The fraction of sp³-hybridized carbons (Fsp3) is 0.444. The summed E-state index contributed by atoms with van der Waals surface area (Å²) in [6.07, 6.45) is -0.0324. The molecule has 2 fully saturated rings. The van der Waals surface area contributed by atoms with Crippen LogP contribution in [0.3, 0.4) is 0 Å². The van der Waals surface area contributed by atoms with Crippen molar-refractivity contribution in [3.63, 3.8) is 0 Å². The van der Waals surface area contributed by atoms with Crippen molar-refractivity contribution in [3.05, 3.63) is 88.5 Å². The number of fused-ring (bicyclic) bond motifs is 1. The zero-order chi connectivity index (χ0) is 32.0. The van der Waals surface area contributed by atoms with Crippen LogP contribution in [0.4, 0.5) is 0 Å². The number of aromatic hydroxyl groups is 1. The SMILES string of the molecule is CC(C)Oc1ccccc1-n1c(CN2CCN(CCOc3ccc(O)cc3)CC2)nc2ccc(CN3CCN(C)CC3)cc2c1=O. The minimum Gasteiger partial charge on any atom is -0.508 e. The smallest absolute Gasteiger partial charge is 0.266 e. The average molecular weight is 627 g/mol. The molecule has 6 rings (SSSR count). The highest BCUT2D eigenvalue weighted by Crippen LogP contribution is 2.26. The van der Waals surface area contributed by atoms with Gasteiger partial charge in [-0.15, -0.1) is 0 Å². The number of para-hydroxylation sites is 2. The van der Waals surface area contributed by atoms with Gasteiger partial charge < -0.3 is 19.5 Å². The molecule has 10 heteroatoms. The minimum absolute atomic E-state index is 0.0324. The standard InChI is InChI=1S/C36H46N6O4/c1-27(2)46-34-7-5-4-6-33(34)42-35(26-41-20-18-39(19-21-41)22-23-45-30-11-9-29(43)10-12-30)37-32-13-8-28(24-31(32)36(42)44)25-40-16-14-38(3)15-17-40/h4-13,24,27,43H,14-23,25-26H2,1-3H3. The van der Waals surface area contributed by atoms with Crippen LogP contribution in [-0.2, 0) is 13.1 Å². The number of piperazine rings is 2. The highest BCUT2D eigenvalue weighted by atomic mass is 16.5. The van der Waals surface area contributed by atoms with Crippen LogP contribution < -0.4 is 15.0 Å². The first-order valence-electron chi connectivity index (χ1n) is 16.4. The molecule has 2 aliphatic heterocycles. The molecule has 4 aromatic rings. The van der Waals surface area contributed by atoms with Crippen LogP contribution >= 0.6 is 0 Å². The van der Waals surface area contributed by atoms with E-state index in [0.29, 0.717) is 30.1 Å². The summed E-state index contributed by atoms with van der Waals surface area (Å²) in [5.41, 5.74) is 2.52. The second kappa shape index (κ2) is 14.6. The highest BCUT2D eigenvalue weighted by Gasteiger charge is 2.23. The maximum absolute atomic E-state index is 14.4. The second-order valence-electron chi connectivity index (χ2n) is 12.7. The Morgan fingerprint density at radius 2 is 1.50 bits per heavy atom.